The Morgan fingerprint density at radius 2 is 1.48 bits per heavy atom. The van der Waals surface area contributed by atoms with Crippen LogP contribution in [0.3, 0.4) is 0 Å². The predicted octanol–water partition coefficient (Wildman–Crippen LogP) is 1.79. The maximum absolute atomic E-state index is 11.7. The summed E-state index contributed by atoms with van der Waals surface area (Å²) in [6, 6.07) is 12.7. The lowest BCUT2D eigenvalue weighted by molar-refractivity contribution is -0.384. The zero-order valence-corrected chi connectivity index (χ0v) is 11.7. The number of aliphatic hydroxyl groups is 1. The van der Waals surface area contributed by atoms with E-state index >= 15 is 0 Å². The summed E-state index contributed by atoms with van der Waals surface area (Å²) in [4.78, 5) is 33.1. The summed E-state index contributed by atoms with van der Waals surface area (Å²) in [6.45, 7) is 0. The number of benzene rings is 2. The van der Waals surface area contributed by atoms with Crippen LogP contribution in [0, 0.1) is 10.1 Å². The number of ketones is 1. The van der Waals surface area contributed by atoms with Crippen LogP contribution >= 0.6 is 0 Å². The molecule has 2 aromatic rings. The van der Waals surface area contributed by atoms with E-state index in [1.165, 1.54) is 12.1 Å². The minimum absolute atomic E-state index is 0.00261. The zero-order valence-electron chi connectivity index (χ0n) is 11.7. The fraction of sp³-hybridized carbons (Fsp3) is 0.125. The molecule has 2 aromatic carbocycles. The van der Waals surface area contributed by atoms with Crippen molar-refractivity contribution in [2.45, 2.75) is 12.2 Å². The van der Waals surface area contributed by atoms with Crippen LogP contribution in [-0.2, 0) is 14.3 Å². The first-order valence-electron chi connectivity index (χ1n) is 6.74. The third-order valence-electron chi connectivity index (χ3n) is 3.61. The van der Waals surface area contributed by atoms with Crippen LogP contribution < -0.4 is 0 Å². The van der Waals surface area contributed by atoms with Crippen LogP contribution in [0.2, 0.25) is 0 Å². The molecule has 116 valence electrons. The smallest absolute Gasteiger partial charge is 0.344 e. The van der Waals surface area contributed by atoms with E-state index in [4.69, 9.17) is 4.74 Å². The Kier molecular flexibility index (Phi) is 3.63. The molecule has 7 nitrogen and oxygen atoms in total. The number of carbonyl (C=O) groups is 2. The first kappa shape index (κ1) is 14.9. The Labute approximate surface area is 130 Å². The monoisotopic (exact) mass is 313 g/mol. The van der Waals surface area contributed by atoms with Gasteiger partial charge in [-0.3, -0.25) is 14.9 Å². The van der Waals surface area contributed by atoms with E-state index < -0.39 is 28.9 Å². The van der Waals surface area contributed by atoms with Gasteiger partial charge in [-0.25, -0.2) is 4.79 Å². The normalized spacial score (nSPS) is 20.4. The van der Waals surface area contributed by atoms with Gasteiger partial charge < -0.3 is 9.84 Å². The van der Waals surface area contributed by atoms with Gasteiger partial charge in [-0.1, -0.05) is 24.3 Å². The van der Waals surface area contributed by atoms with E-state index in [1.807, 2.05) is 0 Å². The molecule has 2 unspecified atom stereocenters. The van der Waals surface area contributed by atoms with Crippen LogP contribution in [0.1, 0.15) is 11.7 Å². The van der Waals surface area contributed by atoms with Crippen LogP contribution in [0.15, 0.2) is 48.5 Å². The van der Waals surface area contributed by atoms with Crippen molar-refractivity contribution < 1.29 is 24.4 Å². The highest BCUT2D eigenvalue weighted by Crippen LogP contribution is 2.29. The lowest BCUT2D eigenvalue weighted by atomic mass is 9.99. The summed E-state index contributed by atoms with van der Waals surface area (Å²) < 4.78 is 4.85. The molecule has 1 aliphatic rings. The van der Waals surface area contributed by atoms with Crippen molar-refractivity contribution in [2.24, 2.45) is 0 Å². The fourth-order valence-corrected chi connectivity index (χ4v) is 2.36. The Balaban J connectivity index is 1.84. The van der Waals surface area contributed by atoms with Gasteiger partial charge in [0.25, 0.3) is 5.69 Å². The van der Waals surface area contributed by atoms with E-state index in [2.05, 4.69) is 0 Å². The topological polar surface area (TPSA) is 107 Å². The van der Waals surface area contributed by atoms with Crippen molar-refractivity contribution in [1.29, 1.82) is 0 Å². The summed E-state index contributed by atoms with van der Waals surface area (Å²) in [5, 5.41) is 20.0. The highest BCUT2D eigenvalue weighted by molar-refractivity contribution is 6.09. The molecule has 3 rings (SSSR count). The van der Waals surface area contributed by atoms with E-state index in [0.717, 1.165) is 11.1 Å². The quantitative estimate of drug-likeness (QED) is 0.401. The van der Waals surface area contributed by atoms with Gasteiger partial charge >= 0.3 is 5.97 Å². The number of non-ortho nitro benzene ring substituents is 1. The summed E-state index contributed by atoms with van der Waals surface area (Å²) >= 11 is 0. The Hall–Kier alpha value is -3.06. The molecular weight excluding hydrogens is 302 g/mol. The second kappa shape index (κ2) is 5.62. The third-order valence-corrected chi connectivity index (χ3v) is 3.61. The Morgan fingerprint density at radius 1 is 0.957 bits per heavy atom. The highest BCUT2D eigenvalue weighted by atomic mass is 16.6. The number of Topliss-reactive ketones (excluding diaryl/α,β-unsaturated/α-hetero) is 1. The fourth-order valence-electron chi connectivity index (χ4n) is 2.36. The first-order valence-corrected chi connectivity index (χ1v) is 6.74. The van der Waals surface area contributed by atoms with Gasteiger partial charge in [0.2, 0.25) is 11.9 Å². The van der Waals surface area contributed by atoms with E-state index in [1.54, 1.807) is 36.4 Å². The van der Waals surface area contributed by atoms with Crippen molar-refractivity contribution in [3.63, 3.8) is 0 Å². The number of carbonyl (C=O) groups excluding carboxylic acids is 2. The van der Waals surface area contributed by atoms with Gasteiger partial charge in [-0.2, -0.15) is 0 Å². The molecule has 1 aliphatic heterocycles. The number of nitrogens with zero attached hydrogens (tertiary/aromatic N) is 1. The van der Waals surface area contributed by atoms with Crippen molar-refractivity contribution >= 4 is 17.4 Å². The number of hydrogen-bond acceptors (Lipinski definition) is 6. The molecule has 1 N–H and O–H groups in total. The number of nitro benzene ring substituents is 1. The zero-order chi connectivity index (χ0) is 16.6. The summed E-state index contributed by atoms with van der Waals surface area (Å²) in [5.41, 5.74) is 2.03. The number of aliphatic hydroxyl groups excluding tert-OH is 1. The molecule has 0 radical (unpaired) electrons. The average Bonchev–Trinajstić information content (AvgIpc) is 2.83. The molecule has 1 saturated heterocycles. The summed E-state index contributed by atoms with van der Waals surface area (Å²) in [5.74, 6) is -1.63. The van der Waals surface area contributed by atoms with Gasteiger partial charge in [0.15, 0.2) is 6.10 Å². The van der Waals surface area contributed by atoms with Crippen LogP contribution in [0.4, 0.5) is 5.69 Å². The number of hydrogen-bond donors (Lipinski definition) is 1. The standard InChI is InChI=1S/C16H11NO6/c18-13-14(19)16(20)23-15(13)11-3-1-9(2-4-11)10-5-7-12(8-6-10)17(21)22/h1-8,14-15,19H. The molecule has 0 amide bonds. The summed E-state index contributed by atoms with van der Waals surface area (Å²) in [6.07, 6.45) is -2.82. The van der Waals surface area contributed by atoms with Crippen LogP contribution in [0.5, 0.6) is 0 Å². The minimum Gasteiger partial charge on any atom is -0.447 e. The summed E-state index contributed by atoms with van der Waals surface area (Å²) in [7, 11) is 0. The molecule has 1 heterocycles. The number of ether oxygens (including phenoxy) is 1. The largest absolute Gasteiger partial charge is 0.447 e. The highest BCUT2D eigenvalue weighted by Gasteiger charge is 2.42. The first-order chi connectivity index (χ1) is 11.0. The third kappa shape index (κ3) is 2.69. The van der Waals surface area contributed by atoms with Crippen molar-refractivity contribution in [1.82, 2.24) is 0 Å². The minimum atomic E-state index is -1.73. The number of nitro groups is 1. The molecule has 1 fully saturated rings. The number of rotatable bonds is 3. The second-order valence-electron chi connectivity index (χ2n) is 5.05. The van der Waals surface area contributed by atoms with E-state index in [9.17, 15) is 24.8 Å². The van der Waals surface area contributed by atoms with Crippen LogP contribution in [0.25, 0.3) is 11.1 Å². The maximum atomic E-state index is 11.7. The van der Waals surface area contributed by atoms with Crippen molar-refractivity contribution in [3.05, 3.63) is 64.2 Å². The van der Waals surface area contributed by atoms with Gasteiger partial charge in [-0.05, 0) is 23.3 Å². The van der Waals surface area contributed by atoms with E-state index in [0.29, 0.717) is 5.56 Å². The van der Waals surface area contributed by atoms with Crippen molar-refractivity contribution in [3.8, 4) is 11.1 Å². The molecule has 7 heteroatoms. The number of cyclic esters (lactones) is 1. The maximum Gasteiger partial charge on any atom is 0.344 e. The van der Waals surface area contributed by atoms with Gasteiger partial charge in [0.1, 0.15) is 0 Å². The second-order valence-corrected chi connectivity index (χ2v) is 5.05. The average molecular weight is 313 g/mol. The molecule has 0 aliphatic carbocycles. The molecule has 0 spiro atoms. The lowest BCUT2D eigenvalue weighted by Crippen LogP contribution is -2.21. The van der Waals surface area contributed by atoms with Crippen LogP contribution in [-0.4, -0.2) is 27.9 Å². The SMILES string of the molecule is O=C1OC(c2ccc(-c3ccc([N+](=O)[O-])cc3)cc2)C(=O)C1O. The number of esters is 1. The predicted molar refractivity (Wildman–Crippen MR) is 78.4 cm³/mol. The van der Waals surface area contributed by atoms with Gasteiger partial charge in [-0.15, -0.1) is 0 Å². The molecule has 0 aromatic heterocycles. The van der Waals surface area contributed by atoms with Gasteiger partial charge in [0, 0.05) is 17.7 Å². The molecular formula is C16H11NO6. The Morgan fingerprint density at radius 3 is 1.91 bits per heavy atom. The van der Waals surface area contributed by atoms with Crippen molar-refractivity contribution in [2.75, 3.05) is 0 Å². The molecule has 0 bridgehead atoms. The molecule has 23 heavy (non-hydrogen) atoms. The molecule has 2 atom stereocenters. The lowest BCUT2D eigenvalue weighted by Gasteiger charge is -2.09. The van der Waals surface area contributed by atoms with E-state index in [-0.39, 0.29) is 5.69 Å². The Bertz CT molecular complexity index is 781. The van der Waals surface area contributed by atoms with Gasteiger partial charge in [0.05, 0.1) is 4.92 Å². The molecule has 0 saturated carbocycles.